The number of hydrogen-bond donors (Lipinski definition) is 2. The van der Waals surface area contributed by atoms with Gasteiger partial charge >= 0.3 is 5.97 Å². The van der Waals surface area contributed by atoms with Gasteiger partial charge in [0.25, 0.3) is 0 Å². The van der Waals surface area contributed by atoms with E-state index in [2.05, 4.69) is 0 Å². The Morgan fingerprint density at radius 1 is 1.45 bits per heavy atom. The number of hydrogen-bond acceptors (Lipinski definition) is 4. The van der Waals surface area contributed by atoms with Crippen molar-refractivity contribution in [3.05, 3.63) is 23.2 Å². The highest BCUT2D eigenvalue weighted by Crippen LogP contribution is 2.25. The molecule has 0 unspecified atom stereocenters. The molecular formula is C14H20N2O4. The normalized spacial score (nSPS) is 15.9. The second kappa shape index (κ2) is 6.09. The molecule has 1 aliphatic rings. The molecule has 0 bridgehead atoms. The molecule has 1 aliphatic carbocycles. The first-order valence-corrected chi connectivity index (χ1v) is 6.82. The topological polar surface area (TPSA) is 96.8 Å². The zero-order chi connectivity index (χ0) is 14.7. The van der Waals surface area contributed by atoms with Crippen molar-refractivity contribution in [3.8, 4) is 0 Å². The van der Waals surface area contributed by atoms with Crippen LogP contribution in [0.1, 0.15) is 47.6 Å². The van der Waals surface area contributed by atoms with E-state index in [4.69, 9.17) is 15.3 Å². The fraction of sp³-hybridized carbons (Fsp3) is 0.571. The molecule has 110 valence electrons. The van der Waals surface area contributed by atoms with Gasteiger partial charge in [-0.15, -0.1) is 0 Å². The molecule has 0 spiro atoms. The number of rotatable bonds is 6. The number of nitrogens with two attached hydrogens (primary N) is 1. The molecule has 0 radical (unpaired) electrons. The number of furan rings is 1. The summed E-state index contributed by atoms with van der Waals surface area (Å²) in [4.78, 5) is 24.2. The third-order valence-electron chi connectivity index (χ3n) is 3.72. The van der Waals surface area contributed by atoms with Gasteiger partial charge in [0.1, 0.15) is 5.76 Å². The molecule has 20 heavy (non-hydrogen) atoms. The van der Waals surface area contributed by atoms with E-state index in [0.717, 1.165) is 25.7 Å². The fourth-order valence-electron chi connectivity index (χ4n) is 2.82. The molecule has 0 aromatic carbocycles. The van der Waals surface area contributed by atoms with E-state index in [1.807, 2.05) is 4.90 Å². The van der Waals surface area contributed by atoms with E-state index in [1.165, 1.54) is 0 Å². The summed E-state index contributed by atoms with van der Waals surface area (Å²) in [6.07, 6.45) is 4.38. The minimum atomic E-state index is -1.07. The lowest BCUT2D eigenvalue weighted by atomic mass is 10.2. The first-order chi connectivity index (χ1) is 9.47. The second-order valence-corrected chi connectivity index (χ2v) is 5.34. The number of nitrogens with zero attached hydrogens (tertiary/aromatic N) is 1. The molecule has 1 aromatic heterocycles. The molecule has 1 heterocycles. The predicted molar refractivity (Wildman–Crippen MR) is 72.3 cm³/mol. The number of primary amides is 1. The van der Waals surface area contributed by atoms with Crippen LogP contribution in [0.5, 0.6) is 0 Å². The summed E-state index contributed by atoms with van der Waals surface area (Å²) in [7, 11) is 0. The Morgan fingerprint density at radius 3 is 2.60 bits per heavy atom. The summed E-state index contributed by atoms with van der Waals surface area (Å²) in [5, 5.41) is 8.99. The number of carboxylic acid groups (broad SMARTS) is 1. The van der Waals surface area contributed by atoms with Gasteiger partial charge in [0.15, 0.2) is 0 Å². The van der Waals surface area contributed by atoms with Gasteiger partial charge in [0.05, 0.1) is 13.1 Å². The van der Waals surface area contributed by atoms with Crippen molar-refractivity contribution in [1.29, 1.82) is 0 Å². The van der Waals surface area contributed by atoms with E-state index in [9.17, 15) is 9.59 Å². The standard InChI is InChI=1S/C14H20N2O4/c1-9-6-11(20-13(9)14(18)19)7-16(8-12(15)17)10-4-2-3-5-10/h6,10H,2-5,7-8H2,1H3,(H2,15,17)(H,18,19). The average molecular weight is 280 g/mol. The summed E-state index contributed by atoms with van der Waals surface area (Å²) in [6, 6.07) is 2.04. The average Bonchev–Trinajstić information content (AvgIpc) is 2.96. The molecule has 1 saturated carbocycles. The summed E-state index contributed by atoms with van der Waals surface area (Å²) in [6.45, 7) is 2.29. The Morgan fingerprint density at radius 2 is 2.10 bits per heavy atom. The SMILES string of the molecule is Cc1cc(CN(CC(N)=O)C2CCCC2)oc1C(=O)O. The summed E-state index contributed by atoms with van der Waals surface area (Å²) in [5.74, 6) is -0.923. The Balaban J connectivity index is 2.12. The Kier molecular flexibility index (Phi) is 4.44. The third kappa shape index (κ3) is 3.39. The van der Waals surface area contributed by atoms with Crippen LogP contribution in [0.25, 0.3) is 0 Å². The zero-order valence-corrected chi connectivity index (χ0v) is 11.6. The highest BCUT2D eigenvalue weighted by Gasteiger charge is 2.25. The van der Waals surface area contributed by atoms with Gasteiger partial charge in [-0.1, -0.05) is 12.8 Å². The molecule has 1 fully saturated rings. The van der Waals surface area contributed by atoms with Crippen LogP contribution in [0.4, 0.5) is 0 Å². The predicted octanol–water partition coefficient (Wildman–Crippen LogP) is 1.52. The van der Waals surface area contributed by atoms with Crippen LogP contribution in [0.3, 0.4) is 0 Å². The molecule has 0 aliphatic heterocycles. The largest absolute Gasteiger partial charge is 0.475 e. The quantitative estimate of drug-likeness (QED) is 0.823. The number of carboxylic acids is 1. The number of amides is 1. The molecule has 0 saturated heterocycles. The highest BCUT2D eigenvalue weighted by molar-refractivity contribution is 5.86. The van der Waals surface area contributed by atoms with Crippen molar-refractivity contribution >= 4 is 11.9 Å². The molecule has 6 heteroatoms. The van der Waals surface area contributed by atoms with Gasteiger partial charge in [-0.05, 0) is 25.8 Å². The highest BCUT2D eigenvalue weighted by atomic mass is 16.4. The first kappa shape index (κ1) is 14.6. The minimum Gasteiger partial charge on any atom is -0.475 e. The maximum atomic E-state index is 11.2. The summed E-state index contributed by atoms with van der Waals surface area (Å²) >= 11 is 0. The van der Waals surface area contributed by atoms with E-state index in [1.54, 1.807) is 13.0 Å². The van der Waals surface area contributed by atoms with Crippen LogP contribution in [0, 0.1) is 6.92 Å². The Hall–Kier alpha value is -1.82. The second-order valence-electron chi connectivity index (χ2n) is 5.34. The van der Waals surface area contributed by atoms with E-state index in [0.29, 0.717) is 23.9 Å². The van der Waals surface area contributed by atoms with Crippen LogP contribution in [-0.4, -0.2) is 34.5 Å². The van der Waals surface area contributed by atoms with Crippen molar-refractivity contribution in [2.24, 2.45) is 5.73 Å². The fourth-order valence-corrected chi connectivity index (χ4v) is 2.82. The van der Waals surface area contributed by atoms with E-state index >= 15 is 0 Å². The lowest BCUT2D eigenvalue weighted by Gasteiger charge is -2.26. The Labute approximate surface area is 117 Å². The van der Waals surface area contributed by atoms with Crippen LogP contribution in [0.15, 0.2) is 10.5 Å². The van der Waals surface area contributed by atoms with Crippen molar-refractivity contribution in [1.82, 2.24) is 4.90 Å². The molecule has 6 nitrogen and oxygen atoms in total. The van der Waals surface area contributed by atoms with Crippen molar-refractivity contribution in [2.75, 3.05) is 6.54 Å². The first-order valence-electron chi connectivity index (χ1n) is 6.82. The van der Waals surface area contributed by atoms with Gasteiger partial charge < -0.3 is 15.3 Å². The Bertz CT molecular complexity index is 503. The smallest absolute Gasteiger partial charge is 0.372 e. The molecule has 1 aromatic rings. The molecule has 1 amide bonds. The van der Waals surface area contributed by atoms with Gasteiger partial charge in [-0.3, -0.25) is 9.69 Å². The van der Waals surface area contributed by atoms with Crippen molar-refractivity contribution < 1.29 is 19.1 Å². The minimum absolute atomic E-state index is 0.0366. The zero-order valence-electron chi connectivity index (χ0n) is 11.6. The van der Waals surface area contributed by atoms with Crippen molar-refractivity contribution in [3.63, 3.8) is 0 Å². The van der Waals surface area contributed by atoms with Gasteiger partial charge in [0.2, 0.25) is 11.7 Å². The molecule has 2 rings (SSSR count). The lowest BCUT2D eigenvalue weighted by molar-refractivity contribution is -0.119. The van der Waals surface area contributed by atoms with Crippen LogP contribution < -0.4 is 5.73 Å². The van der Waals surface area contributed by atoms with Gasteiger partial charge in [-0.25, -0.2) is 4.79 Å². The van der Waals surface area contributed by atoms with Crippen LogP contribution >= 0.6 is 0 Å². The van der Waals surface area contributed by atoms with E-state index < -0.39 is 5.97 Å². The number of carbonyl (C=O) groups excluding carboxylic acids is 1. The van der Waals surface area contributed by atoms with Crippen LogP contribution in [-0.2, 0) is 11.3 Å². The number of aryl methyl sites for hydroxylation is 1. The summed E-state index contributed by atoms with van der Waals surface area (Å²) in [5.41, 5.74) is 5.89. The van der Waals surface area contributed by atoms with Gasteiger partial charge in [0, 0.05) is 11.6 Å². The maximum absolute atomic E-state index is 11.2. The van der Waals surface area contributed by atoms with Crippen LogP contribution in [0.2, 0.25) is 0 Å². The monoisotopic (exact) mass is 280 g/mol. The molecule has 3 N–H and O–H groups in total. The molecule has 0 atom stereocenters. The number of aromatic carboxylic acids is 1. The van der Waals surface area contributed by atoms with Gasteiger partial charge in [-0.2, -0.15) is 0 Å². The van der Waals surface area contributed by atoms with Crippen molar-refractivity contribution in [2.45, 2.75) is 45.2 Å². The molecular weight excluding hydrogens is 260 g/mol. The van der Waals surface area contributed by atoms with E-state index in [-0.39, 0.29) is 18.2 Å². The summed E-state index contributed by atoms with van der Waals surface area (Å²) < 4.78 is 5.35. The number of carbonyl (C=O) groups is 2. The lowest BCUT2D eigenvalue weighted by Crippen LogP contribution is -2.39. The third-order valence-corrected chi connectivity index (χ3v) is 3.72. The maximum Gasteiger partial charge on any atom is 0.372 e.